The molecule has 0 saturated heterocycles. The van der Waals surface area contributed by atoms with Gasteiger partial charge in [-0.1, -0.05) is 29.8 Å². The fourth-order valence-electron chi connectivity index (χ4n) is 1.77. The Balaban J connectivity index is 2.15. The summed E-state index contributed by atoms with van der Waals surface area (Å²) in [7, 11) is 0. The van der Waals surface area contributed by atoms with Crippen LogP contribution in [-0.4, -0.2) is 16.2 Å². The van der Waals surface area contributed by atoms with E-state index >= 15 is 0 Å². The summed E-state index contributed by atoms with van der Waals surface area (Å²) in [6.07, 6.45) is 7.09. The molecule has 1 aliphatic carbocycles. The summed E-state index contributed by atoms with van der Waals surface area (Å²) in [5, 5.41) is 9.98. The quantitative estimate of drug-likeness (QED) is 0.570. The summed E-state index contributed by atoms with van der Waals surface area (Å²) in [5.41, 5.74) is 1.15. The maximum Gasteiger partial charge on any atom is 0.129 e. The minimum Gasteiger partial charge on any atom is -0.389 e. The van der Waals surface area contributed by atoms with Crippen molar-refractivity contribution in [3.63, 3.8) is 0 Å². The molecule has 0 aromatic carbocycles. The molecule has 1 heterocycles. The zero-order valence-electron chi connectivity index (χ0n) is 7.73. The monoisotopic (exact) mass is 209 g/mol. The molecule has 74 valence electrons. The predicted molar refractivity (Wildman–Crippen MR) is 56.4 cm³/mol. The Morgan fingerprint density at radius 2 is 2.29 bits per heavy atom. The Labute approximate surface area is 88.2 Å². The van der Waals surface area contributed by atoms with Gasteiger partial charge in [0.15, 0.2) is 0 Å². The van der Waals surface area contributed by atoms with Crippen molar-refractivity contribution >= 4 is 11.6 Å². The van der Waals surface area contributed by atoms with Crippen LogP contribution in [-0.2, 0) is 0 Å². The second-order valence-electron chi connectivity index (χ2n) is 3.58. The number of aliphatic hydroxyl groups excluding tert-OH is 1. The van der Waals surface area contributed by atoms with Crippen molar-refractivity contribution < 1.29 is 5.11 Å². The van der Waals surface area contributed by atoms with E-state index in [1.165, 1.54) is 0 Å². The number of aromatic nitrogens is 1. The van der Waals surface area contributed by atoms with E-state index in [4.69, 9.17) is 11.6 Å². The highest BCUT2D eigenvalue weighted by molar-refractivity contribution is 6.29. The summed E-state index contributed by atoms with van der Waals surface area (Å²) in [6, 6.07) is 3.77. The second kappa shape index (κ2) is 4.11. The molecule has 0 aliphatic heterocycles. The number of allylic oxidation sites excluding steroid dienone is 1. The van der Waals surface area contributed by atoms with Crippen molar-refractivity contribution in [1.29, 1.82) is 0 Å². The van der Waals surface area contributed by atoms with Gasteiger partial charge in [0.1, 0.15) is 5.15 Å². The van der Waals surface area contributed by atoms with Crippen LogP contribution in [0.5, 0.6) is 0 Å². The zero-order chi connectivity index (χ0) is 9.97. The summed E-state index contributed by atoms with van der Waals surface area (Å²) >= 11 is 5.70. The molecule has 2 nitrogen and oxygen atoms in total. The van der Waals surface area contributed by atoms with E-state index in [9.17, 15) is 5.11 Å². The molecule has 0 saturated carbocycles. The Bertz CT molecular complexity index is 334. The molecule has 0 bridgehead atoms. The fourth-order valence-corrected chi connectivity index (χ4v) is 1.88. The standard InChI is InChI=1S/C11H12ClNO/c12-11-5-4-9(7-13-11)8-2-1-3-10(14)6-8/h1,3-5,7-8,10,14H,2,6H2. The van der Waals surface area contributed by atoms with Crippen LogP contribution in [0.1, 0.15) is 24.3 Å². The lowest BCUT2D eigenvalue weighted by molar-refractivity contribution is 0.195. The molecule has 0 fully saturated rings. The van der Waals surface area contributed by atoms with Crippen LogP contribution in [0, 0.1) is 0 Å². The van der Waals surface area contributed by atoms with Crippen LogP contribution in [0.2, 0.25) is 5.15 Å². The first-order chi connectivity index (χ1) is 6.75. The van der Waals surface area contributed by atoms with Crippen molar-refractivity contribution in [2.45, 2.75) is 24.9 Å². The highest BCUT2D eigenvalue weighted by atomic mass is 35.5. The van der Waals surface area contributed by atoms with Crippen LogP contribution in [0.4, 0.5) is 0 Å². The van der Waals surface area contributed by atoms with Crippen molar-refractivity contribution in [3.8, 4) is 0 Å². The van der Waals surface area contributed by atoms with Gasteiger partial charge in [0.05, 0.1) is 6.10 Å². The van der Waals surface area contributed by atoms with E-state index in [1.54, 1.807) is 12.3 Å². The van der Waals surface area contributed by atoms with Crippen molar-refractivity contribution in [2.75, 3.05) is 0 Å². The first-order valence-corrected chi connectivity index (χ1v) is 5.09. The van der Waals surface area contributed by atoms with Gasteiger partial charge in [-0.15, -0.1) is 0 Å². The number of nitrogens with zero attached hydrogens (tertiary/aromatic N) is 1. The number of pyridine rings is 1. The predicted octanol–water partition coefficient (Wildman–Crippen LogP) is 2.53. The molecule has 0 spiro atoms. The van der Waals surface area contributed by atoms with Gasteiger partial charge in [-0.05, 0) is 30.4 Å². The maximum absolute atomic E-state index is 9.46. The van der Waals surface area contributed by atoms with E-state index in [2.05, 4.69) is 4.98 Å². The molecule has 3 heteroatoms. The fraction of sp³-hybridized carbons (Fsp3) is 0.364. The molecule has 0 amide bonds. The van der Waals surface area contributed by atoms with Crippen LogP contribution in [0.25, 0.3) is 0 Å². The lowest BCUT2D eigenvalue weighted by Crippen LogP contribution is -2.13. The molecule has 14 heavy (non-hydrogen) atoms. The van der Waals surface area contributed by atoms with Gasteiger partial charge in [0.25, 0.3) is 0 Å². The molecule has 1 aromatic heterocycles. The Morgan fingerprint density at radius 3 is 2.93 bits per heavy atom. The third kappa shape index (κ3) is 2.14. The minimum atomic E-state index is -0.315. The van der Waals surface area contributed by atoms with Gasteiger partial charge in [0, 0.05) is 6.20 Å². The average Bonchev–Trinajstić information content (AvgIpc) is 2.19. The molecule has 2 unspecified atom stereocenters. The summed E-state index contributed by atoms with van der Waals surface area (Å²) < 4.78 is 0. The van der Waals surface area contributed by atoms with Crippen molar-refractivity contribution in [2.24, 2.45) is 0 Å². The molecule has 2 atom stereocenters. The third-order valence-corrected chi connectivity index (χ3v) is 2.75. The first-order valence-electron chi connectivity index (χ1n) is 4.72. The number of rotatable bonds is 1. The van der Waals surface area contributed by atoms with Gasteiger partial charge in [-0.2, -0.15) is 0 Å². The van der Waals surface area contributed by atoms with Crippen LogP contribution in [0.3, 0.4) is 0 Å². The Hall–Kier alpha value is -0.860. The third-order valence-electron chi connectivity index (χ3n) is 2.53. The Kier molecular flexibility index (Phi) is 2.85. The average molecular weight is 210 g/mol. The highest BCUT2D eigenvalue weighted by Crippen LogP contribution is 2.29. The number of aliphatic hydroxyl groups is 1. The molecular formula is C11H12ClNO. The Morgan fingerprint density at radius 1 is 1.43 bits per heavy atom. The second-order valence-corrected chi connectivity index (χ2v) is 3.97. The lowest BCUT2D eigenvalue weighted by atomic mass is 9.87. The molecule has 1 aliphatic rings. The number of halogens is 1. The van der Waals surface area contributed by atoms with Crippen molar-refractivity contribution in [1.82, 2.24) is 4.98 Å². The summed E-state index contributed by atoms with van der Waals surface area (Å²) in [5.74, 6) is 0.375. The summed E-state index contributed by atoms with van der Waals surface area (Å²) in [6.45, 7) is 0. The van der Waals surface area contributed by atoms with Crippen molar-refractivity contribution in [3.05, 3.63) is 41.2 Å². The molecule has 1 aromatic rings. The summed E-state index contributed by atoms with van der Waals surface area (Å²) in [4.78, 5) is 4.04. The van der Waals surface area contributed by atoms with Gasteiger partial charge in [-0.25, -0.2) is 4.98 Å². The molecule has 0 radical (unpaired) electrons. The van der Waals surface area contributed by atoms with Gasteiger partial charge in [-0.3, -0.25) is 0 Å². The number of hydrogen-bond acceptors (Lipinski definition) is 2. The van der Waals surface area contributed by atoms with Gasteiger partial charge < -0.3 is 5.11 Å². The molecular weight excluding hydrogens is 198 g/mol. The van der Waals surface area contributed by atoms with E-state index in [0.717, 1.165) is 18.4 Å². The lowest BCUT2D eigenvalue weighted by Gasteiger charge is -2.21. The van der Waals surface area contributed by atoms with E-state index in [0.29, 0.717) is 11.1 Å². The number of hydrogen-bond donors (Lipinski definition) is 1. The SMILES string of the molecule is OC1C=CCC(c2ccc(Cl)nc2)C1. The zero-order valence-corrected chi connectivity index (χ0v) is 8.48. The van der Waals surface area contributed by atoms with Gasteiger partial charge in [0.2, 0.25) is 0 Å². The van der Waals surface area contributed by atoms with E-state index < -0.39 is 0 Å². The van der Waals surface area contributed by atoms with Crippen LogP contribution >= 0.6 is 11.6 Å². The molecule has 1 N–H and O–H groups in total. The molecule has 2 rings (SSSR count). The van der Waals surface area contributed by atoms with Crippen LogP contribution in [0.15, 0.2) is 30.5 Å². The van der Waals surface area contributed by atoms with E-state index in [-0.39, 0.29) is 6.10 Å². The highest BCUT2D eigenvalue weighted by Gasteiger charge is 2.17. The minimum absolute atomic E-state index is 0.315. The largest absolute Gasteiger partial charge is 0.389 e. The van der Waals surface area contributed by atoms with Crippen LogP contribution < -0.4 is 0 Å². The van der Waals surface area contributed by atoms with Gasteiger partial charge >= 0.3 is 0 Å². The topological polar surface area (TPSA) is 33.1 Å². The normalized spacial score (nSPS) is 26.4. The van der Waals surface area contributed by atoms with E-state index in [1.807, 2.05) is 18.2 Å². The maximum atomic E-state index is 9.46. The first kappa shape index (κ1) is 9.69. The smallest absolute Gasteiger partial charge is 0.129 e.